The number of carbonyl (C=O) groups is 1. The summed E-state index contributed by atoms with van der Waals surface area (Å²) in [5.74, 6) is -0.535. The van der Waals surface area contributed by atoms with E-state index >= 15 is 0 Å². The van der Waals surface area contributed by atoms with Gasteiger partial charge in [-0.2, -0.15) is 13.2 Å². The normalized spacial score (nSPS) is 11.3. The third-order valence-corrected chi connectivity index (χ3v) is 3.89. The zero-order valence-electron chi connectivity index (χ0n) is 15.0. The molecule has 9 heteroatoms. The van der Waals surface area contributed by atoms with Gasteiger partial charge in [-0.1, -0.05) is 35.9 Å². The Hall–Kier alpha value is -2.45. The van der Waals surface area contributed by atoms with Crippen LogP contribution in [0.15, 0.2) is 36.4 Å². The van der Waals surface area contributed by atoms with Gasteiger partial charge in [0, 0.05) is 12.1 Å². The number of phenolic OH excluding ortho intramolecular Hbond substituents is 1. The molecule has 28 heavy (non-hydrogen) atoms. The number of hydrogen-bond acceptors (Lipinski definition) is 4. The molecule has 0 saturated heterocycles. The molecule has 0 aliphatic rings. The van der Waals surface area contributed by atoms with Gasteiger partial charge in [-0.25, -0.2) is 0 Å². The molecule has 0 spiro atoms. The topological polar surface area (TPSA) is 67.8 Å². The van der Waals surface area contributed by atoms with Crippen molar-refractivity contribution in [1.29, 1.82) is 0 Å². The first-order valence-corrected chi connectivity index (χ1v) is 8.73. The Balaban J connectivity index is 1.92. The van der Waals surface area contributed by atoms with E-state index in [4.69, 9.17) is 16.3 Å². The molecule has 2 aromatic carbocycles. The van der Waals surface area contributed by atoms with Crippen molar-refractivity contribution in [3.05, 3.63) is 58.1 Å². The number of hydrogen-bond donors (Lipinski definition) is 2. The van der Waals surface area contributed by atoms with Crippen LogP contribution < -0.4 is 10.1 Å². The summed E-state index contributed by atoms with van der Waals surface area (Å²) in [6, 6.07) is 9.34. The fourth-order valence-corrected chi connectivity index (χ4v) is 2.50. The number of nitrogens with one attached hydrogen (secondary N) is 1. The highest BCUT2D eigenvalue weighted by atomic mass is 35.5. The molecule has 1 amide bonds. The van der Waals surface area contributed by atoms with Gasteiger partial charge >= 0.3 is 6.18 Å². The predicted molar refractivity (Wildman–Crippen MR) is 97.6 cm³/mol. The second kappa shape index (κ2) is 9.66. The first-order valence-electron chi connectivity index (χ1n) is 8.35. The summed E-state index contributed by atoms with van der Waals surface area (Å²) in [4.78, 5) is 12.3. The number of alkyl halides is 3. The van der Waals surface area contributed by atoms with Crippen molar-refractivity contribution in [3.63, 3.8) is 0 Å². The highest BCUT2D eigenvalue weighted by Gasteiger charge is 2.27. The van der Waals surface area contributed by atoms with Gasteiger partial charge in [0.2, 0.25) is 0 Å². The van der Waals surface area contributed by atoms with Gasteiger partial charge in [-0.3, -0.25) is 4.79 Å². The first kappa shape index (κ1) is 21.8. The smallest absolute Gasteiger partial charge is 0.411 e. The van der Waals surface area contributed by atoms with E-state index < -0.39 is 18.7 Å². The zero-order chi connectivity index (χ0) is 20.7. The van der Waals surface area contributed by atoms with Crippen molar-refractivity contribution < 1.29 is 32.5 Å². The van der Waals surface area contributed by atoms with Gasteiger partial charge in [0.25, 0.3) is 5.91 Å². The van der Waals surface area contributed by atoms with Crippen LogP contribution in [0.5, 0.6) is 11.5 Å². The Morgan fingerprint density at radius 3 is 2.43 bits per heavy atom. The lowest BCUT2D eigenvalue weighted by Gasteiger charge is -2.11. The molecule has 0 saturated carbocycles. The van der Waals surface area contributed by atoms with Crippen LogP contribution >= 0.6 is 11.6 Å². The molecule has 0 aromatic heterocycles. The van der Waals surface area contributed by atoms with Crippen LogP contribution in [-0.4, -0.2) is 30.4 Å². The fourth-order valence-electron chi connectivity index (χ4n) is 2.29. The second-order valence-corrected chi connectivity index (χ2v) is 6.25. The Kier molecular flexibility index (Phi) is 7.53. The van der Waals surface area contributed by atoms with Crippen LogP contribution in [0.3, 0.4) is 0 Å². The number of amides is 1. The number of carbonyl (C=O) groups excluding carboxylic acids is 1. The van der Waals surface area contributed by atoms with Gasteiger partial charge in [0.15, 0.2) is 11.5 Å². The van der Waals surface area contributed by atoms with Crippen LogP contribution in [0, 0.1) is 0 Å². The summed E-state index contributed by atoms with van der Waals surface area (Å²) >= 11 is 5.91. The fraction of sp³-hybridized carbons (Fsp3) is 0.316. The molecule has 2 N–H and O–H groups in total. The van der Waals surface area contributed by atoms with Crippen LogP contribution in [0.25, 0.3) is 0 Å². The first-order chi connectivity index (χ1) is 13.2. The molecule has 0 bridgehead atoms. The monoisotopic (exact) mass is 417 g/mol. The minimum Gasteiger partial charge on any atom is -0.503 e. The largest absolute Gasteiger partial charge is 0.503 e. The van der Waals surface area contributed by atoms with E-state index in [9.17, 15) is 23.1 Å². The average Bonchev–Trinajstić information content (AvgIpc) is 2.63. The van der Waals surface area contributed by atoms with Gasteiger partial charge in [0.1, 0.15) is 6.61 Å². The van der Waals surface area contributed by atoms with Crippen molar-refractivity contribution in [2.45, 2.75) is 26.3 Å². The molecular formula is C19H19ClF3NO4. The van der Waals surface area contributed by atoms with Gasteiger partial charge in [-0.05, 0) is 30.2 Å². The lowest BCUT2D eigenvalue weighted by Crippen LogP contribution is -2.22. The van der Waals surface area contributed by atoms with E-state index in [0.717, 1.165) is 5.56 Å². The van der Waals surface area contributed by atoms with Crippen molar-refractivity contribution >= 4 is 17.5 Å². The number of ether oxygens (including phenoxy) is 2. The third kappa shape index (κ3) is 6.61. The summed E-state index contributed by atoms with van der Waals surface area (Å²) in [5, 5.41) is 12.5. The zero-order valence-corrected chi connectivity index (χ0v) is 15.7. The van der Waals surface area contributed by atoms with E-state index in [1.807, 2.05) is 0 Å². The molecule has 2 rings (SSSR count). The van der Waals surface area contributed by atoms with E-state index in [2.05, 4.69) is 10.1 Å². The molecule has 0 aliphatic heterocycles. The van der Waals surface area contributed by atoms with Crippen molar-refractivity contribution in [1.82, 2.24) is 5.32 Å². The predicted octanol–water partition coefficient (Wildman–Crippen LogP) is 4.45. The lowest BCUT2D eigenvalue weighted by atomic mass is 10.1. The number of phenols is 1. The van der Waals surface area contributed by atoms with Crippen LogP contribution in [-0.2, 0) is 17.9 Å². The Bertz CT molecular complexity index is 810. The molecule has 152 valence electrons. The molecule has 0 aliphatic carbocycles. The van der Waals surface area contributed by atoms with Gasteiger partial charge < -0.3 is 19.9 Å². The van der Waals surface area contributed by atoms with Gasteiger partial charge in [0.05, 0.1) is 18.2 Å². The SMILES string of the molecule is CCOc1cc(C(=O)NCc2ccc(COCC(F)(F)F)cc2)cc(Cl)c1O. The molecule has 5 nitrogen and oxygen atoms in total. The lowest BCUT2D eigenvalue weighted by molar-refractivity contribution is -0.176. The number of aromatic hydroxyl groups is 1. The van der Waals surface area contributed by atoms with Crippen LogP contribution in [0.4, 0.5) is 13.2 Å². The summed E-state index contributed by atoms with van der Waals surface area (Å²) < 4.78 is 46.0. The van der Waals surface area contributed by atoms with E-state index in [1.165, 1.54) is 12.1 Å². The molecular weight excluding hydrogens is 399 g/mol. The van der Waals surface area contributed by atoms with Crippen LogP contribution in [0.2, 0.25) is 5.02 Å². The maximum Gasteiger partial charge on any atom is 0.411 e. The summed E-state index contributed by atoms with van der Waals surface area (Å²) in [6.45, 7) is 0.777. The number of halogens is 4. The standard InChI is InChI=1S/C19H19ClF3NO4/c1-2-28-16-8-14(7-15(20)17(16)25)18(26)24-9-12-3-5-13(6-4-12)10-27-11-19(21,22)23/h3-8,25H,2,9-11H2,1H3,(H,24,26). The van der Waals surface area contributed by atoms with E-state index in [1.54, 1.807) is 31.2 Å². The third-order valence-electron chi connectivity index (χ3n) is 3.60. The van der Waals surface area contributed by atoms with Crippen molar-refractivity contribution in [2.75, 3.05) is 13.2 Å². The molecule has 2 aromatic rings. The molecule has 0 unspecified atom stereocenters. The molecule has 0 fully saturated rings. The Morgan fingerprint density at radius 1 is 1.18 bits per heavy atom. The van der Waals surface area contributed by atoms with Gasteiger partial charge in [-0.15, -0.1) is 0 Å². The molecule has 0 atom stereocenters. The Labute approximate surface area is 165 Å². The highest BCUT2D eigenvalue weighted by molar-refractivity contribution is 6.32. The van der Waals surface area contributed by atoms with E-state index in [0.29, 0.717) is 12.2 Å². The van der Waals surface area contributed by atoms with Crippen molar-refractivity contribution in [2.24, 2.45) is 0 Å². The average molecular weight is 418 g/mol. The quantitative estimate of drug-likeness (QED) is 0.665. The summed E-state index contributed by atoms with van der Waals surface area (Å²) in [5.41, 5.74) is 1.57. The van der Waals surface area contributed by atoms with E-state index in [-0.39, 0.29) is 35.2 Å². The molecule has 0 heterocycles. The van der Waals surface area contributed by atoms with Crippen molar-refractivity contribution in [3.8, 4) is 11.5 Å². The number of benzene rings is 2. The maximum absolute atomic E-state index is 12.3. The highest BCUT2D eigenvalue weighted by Crippen LogP contribution is 2.35. The Morgan fingerprint density at radius 2 is 1.82 bits per heavy atom. The minimum absolute atomic E-state index is 0.000639. The number of rotatable bonds is 8. The second-order valence-electron chi connectivity index (χ2n) is 5.84. The van der Waals surface area contributed by atoms with Crippen LogP contribution in [0.1, 0.15) is 28.4 Å². The minimum atomic E-state index is -4.36. The summed E-state index contributed by atoms with van der Waals surface area (Å²) in [6.07, 6.45) is -4.36. The summed E-state index contributed by atoms with van der Waals surface area (Å²) in [7, 11) is 0. The molecule has 0 radical (unpaired) electrons. The maximum atomic E-state index is 12.3.